The third-order valence-electron chi connectivity index (χ3n) is 3.66. The normalized spacial score (nSPS) is 18.4. The molecule has 1 fully saturated rings. The van der Waals surface area contributed by atoms with Crippen molar-refractivity contribution >= 4 is 27.8 Å². The summed E-state index contributed by atoms with van der Waals surface area (Å²) >= 11 is 3.38. The van der Waals surface area contributed by atoms with E-state index in [0.717, 1.165) is 29.4 Å². The number of hydrogen-bond acceptors (Lipinski definition) is 3. The lowest BCUT2D eigenvalue weighted by Gasteiger charge is -2.31. The van der Waals surface area contributed by atoms with Crippen molar-refractivity contribution in [2.75, 3.05) is 19.7 Å². The van der Waals surface area contributed by atoms with E-state index in [0.29, 0.717) is 19.6 Å². The van der Waals surface area contributed by atoms with E-state index in [1.165, 1.54) is 0 Å². The van der Waals surface area contributed by atoms with Gasteiger partial charge in [-0.25, -0.2) is 0 Å². The van der Waals surface area contributed by atoms with Crippen molar-refractivity contribution in [1.82, 2.24) is 4.90 Å². The minimum Gasteiger partial charge on any atom is -0.466 e. The number of ether oxygens (including phenoxy) is 1. The van der Waals surface area contributed by atoms with Gasteiger partial charge < -0.3 is 9.64 Å². The zero-order chi connectivity index (χ0) is 15.2. The number of carbonyl (C=O) groups is 2. The molecule has 0 bridgehead atoms. The molecule has 0 radical (unpaired) electrons. The summed E-state index contributed by atoms with van der Waals surface area (Å²) in [6, 6.07) is 7.74. The fraction of sp³-hybridized carbons (Fsp3) is 0.500. The van der Waals surface area contributed by atoms with E-state index in [9.17, 15) is 9.59 Å². The Labute approximate surface area is 133 Å². The zero-order valence-corrected chi connectivity index (χ0v) is 13.8. The van der Waals surface area contributed by atoms with Gasteiger partial charge in [-0.1, -0.05) is 28.1 Å². The Balaban J connectivity index is 1.92. The second-order valence-corrected chi connectivity index (χ2v) is 6.15. The fourth-order valence-corrected chi connectivity index (χ4v) is 2.81. The van der Waals surface area contributed by atoms with Gasteiger partial charge in [0.05, 0.1) is 18.9 Å². The van der Waals surface area contributed by atoms with Gasteiger partial charge in [0.2, 0.25) is 5.91 Å². The molecule has 0 spiro atoms. The lowest BCUT2D eigenvalue weighted by atomic mass is 9.97. The number of likely N-dealkylation sites (tertiary alicyclic amines) is 1. The van der Waals surface area contributed by atoms with Crippen LogP contribution in [0.1, 0.15) is 25.3 Å². The average Bonchev–Trinajstić information content (AvgIpc) is 2.50. The highest BCUT2D eigenvalue weighted by molar-refractivity contribution is 9.10. The second kappa shape index (κ2) is 7.59. The molecule has 1 aliphatic rings. The van der Waals surface area contributed by atoms with Crippen LogP contribution in [0.2, 0.25) is 0 Å². The van der Waals surface area contributed by atoms with Gasteiger partial charge in [0.1, 0.15) is 0 Å². The Hall–Kier alpha value is -1.36. The molecule has 5 heteroatoms. The quantitative estimate of drug-likeness (QED) is 0.782. The molecular formula is C16H20BrNO3. The molecule has 21 heavy (non-hydrogen) atoms. The van der Waals surface area contributed by atoms with Crippen LogP contribution in [0, 0.1) is 5.92 Å². The lowest BCUT2D eigenvalue weighted by molar-refractivity contribution is -0.151. The Morgan fingerprint density at radius 2 is 2.05 bits per heavy atom. The molecule has 0 aromatic heterocycles. The number of esters is 1. The molecule has 2 rings (SSSR count). The maximum Gasteiger partial charge on any atom is 0.310 e. The van der Waals surface area contributed by atoms with Crippen molar-refractivity contribution in [3.05, 3.63) is 34.3 Å². The maximum atomic E-state index is 12.3. The zero-order valence-electron chi connectivity index (χ0n) is 12.2. The number of rotatable bonds is 4. The van der Waals surface area contributed by atoms with Crippen molar-refractivity contribution in [3.8, 4) is 0 Å². The first-order chi connectivity index (χ1) is 10.1. The van der Waals surface area contributed by atoms with Crippen molar-refractivity contribution in [1.29, 1.82) is 0 Å². The van der Waals surface area contributed by atoms with Gasteiger partial charge in [-0.2, -0.15) is 0 Å². The molecule has 1 atom stereocenters. The van der Waals surface area contributed by atoms with Crippen LogP contribution in [-0.2, 0) is 20.7 Å². The maximum absolute atomic E-state index is 12.3. The molecule has 0 unspecified atom stereocenters. The van der Waals surface area contributed by atoms with E-state index in [1.54, 1.807) is 11.8 Å². The number of benzene rings is 1. The van der Waals surface area contributed by atoms with Crippen LogP contribution in [0.15, 0.2) is 28.7 Å². The first kappa shape index (κ1) is 16.0. The van der Waals surface area contributed by atoms with Gasteiger partial charge in [-0.3, -0.25) is 9.59 Å². The molecule has 1 amide bonds. The number of hydrogen-bond donors (Lipinski definition) is 0. The van der Waals surface area contributed by atoms with Crippen LogP contribution in [0.5, 0.6) is 0 Å². The SMILES string of the molecule is CCOC(=O)[C@H]1CCCN(C(=O)Cc2ccc(Br)cc2)C1. The summed E-state index contributed by atoms with van der Waals surface area (Å²) in [5.41, 5.74) is 0.987. The minimum atomic E-state index is -0.182. The number of nitrogens with zero attached hydrogens (tertiary/aromatic N) is 1. The monoisotopic (exact) mass is 353 g/mol. The highest BCUT2D eigenvalue weighted by Gasteiger charge is 2.29. The van der Waals surface area contributed by atoms with Crippen molar-refractivity contribution in [2.24, 2.45) is 5.92 Å². The van der Waals surface area contributed by atoms with Gasteiger partial charge in [0.15, 0.2) is 0 Å². The average molecular weight is 354 g/mol. The highest BCUT2D eigenvalue weighted by atomic mass is 79.9. The third kappa shape index (κ3) is 4.56. The lowest BCUT2D eigenvalue weighted by Crippen LogP contribution is -2.43. The molecular weight excluding hydrogens is 334 g/mol. The van der Waals surface area contributed by atoms with Crippen LogP contribution < -0.4 is 0 Å². The van der Waals surface area contributed by atoms with Crippen LogP contribution in [-0.4, -0.2) is 36.5 Å². The van der Waals surface area contributed by atoms with Gasteiger partial charge in [-0.05, 0) is 37.5 Å². The molecule has 1 heterocycles. The molecule has 1 saturated heterocycles. The van der Waals surface area contributed by atoms with Gasteiger partial charge in [0.25, 0.3) is 0 Å². The predicted octanol–water partition coefficient (Wildman–Crippen LogP) is 2.79. The summed E-state index contributed by atoms with van der Waals surface area (Å²) in [6.45, 7) is 3.40. The van der Waals surface area contributed by atoms with Crippen molar-refractivity contribution in [3.63, 3.8) is 0 Å². The van der Waals surface area contributed by atoms with Crippen LogP contribution in [0.4, 0.5) is 0 Å². The van der Waals surface area contributed by atoms with Crippen molar-refractivity contribution < 1.29 is 14.3 Å². The summed E-state index contributed by atoms with van der Waals surface area (Å²) in [4.78, 5) is 25.9. The summed E-state index contributed by atoms with van der Waals surface area (Å²) in [7, 11) is 0. The molecule has 114 valence electrons. The molecule has 0 saturated carbocycles. The van der Waals surface area contributed by atoms with Crippen molar-refractivity contribution in [2.45, 2.75) is 26.2 Å². The fourth-order valence-electron chi connectivity index (χ4n) is 2.54. The number of piperidine rings is 1. The van der Waals surface area contributed by atoms with E-state index in [-0.39, 0.29) is 17.8 Å². The molecule has 1 aromatic carbocycles. The first-order valence-electron chi connectivity index (χ1n) is 7.29. The Bertz CT molecular complexity index is 501. The van der Waals surface area contributed by atoms with Gasteiger partial charge in [0, 0.05) is 17.6 Å². The minimum absolute atomic E-state index is 0.0753. The summed E-state index contributed by atoms with van der Waals surface area (Å²) < 4.78 is 6.06. The van der Waals surface area contributed by atoms with Gasteiger partial charge in [-0.15, -0.1) is 0 Å². The summed E-state index contributed by atoms with van der Waals surface area (Å²) in [6.07, 6.45) is 2.04. The van der Waals surface area contributed by atoms with E-state index < -0.39 is 0 Å². The predicted molar refractivity (Wildman–Crippen MR) is 83.8 cm³/mol. The Morgan fingerprint density at radius 3 is 2.71 bits per heavy atom. The van der Waals surface area contributed by atoms with Crippen LogP contribution >= 0.6 is 15.9 Å². The van der Waals surface area contributed by atoms with Crippen LogP contribution in [0.25, 0.3) is 0 Å². The Morgan fingerprint density at radius 1 is 1.33 bits per heavy atom. The smallest absolute Gasteiger partial charge is 0.310 e. The molecule has 0 N–H and O–H groups in total. The first-order valence-corrected chi connectivity index (χ1v) is 8.08. The van der Waals surface area contributed by atoms with Crippen LogP contribution in [0.3, 0.4) is 0 Å². The molecule has 1 aromatic rings. The second-order valence-electron chi connectivity index (χ2n) is 5.23. The van der Waals surface area contributed by atoms with Gasteiger partial charge >= 0.3 is 5.97 Å². The topological polar surface area (TPSA) is 46.6 Å². The molecule has 4 nitrogen and oxygen atoms in total. The van der Waals surface area contributed by atoms with E-state index in [4.69, 9.17) is 4.74 Å². The largest absolute Gasteiger partial charge is 0.466 e. The van der Waals surface area contributed by atoms with E-state index in [1.807, 2.05) is 24.3 Å². The van der Waals surface area contributed by atoms with E-state index >= 15 is 0 Å². The number of carbonyl (C=O) groups excluding carboxylic acids is 2. The third-order valence-corrected chi connectivity index (χ3v) is 4.19. The standard InChI is InChI=1S/C16H20BrNO3/c1-2-21-16(20)13-4-3-9-18(11-13)15(19)10-12-5-7-14(17)8-6-12/h5-8,13H,2-4,9-11H2,1H3/t13-/m0/s1. The number of amides is 1. The molecule has 1 aliphatic heterocycles. The summed E-state index contributed by atoms with van der Waals surface area (Å²) in [5, 5.41) is 0. The highest BCUT2D eigenvalue weighted by Crippen LogP contribution is 2.19. The Kier molecular flexibility index (Phi) is 5.79. The molecule has 0 aliphatic carbocycles. The van der Waals surface area contributed by atoms with E-state index in [2.05, 4.69) is 15.9 Å². The number of halogens is 1. The summed E-state index contributed by atoms with van der Waals surface area (Å²) in [5.74, 6) is -0.280.